The van der Waals surface area contributed by atoms with Gasteiger partial charge in [-0.25, -0.2) is 0 Å². The second kappa shape index (κ2) is 4.78. The first-order valence-corrected chi connectivity index (χ1v) is 6.25. The molecule has 3 N–H and O–H groups in total. The zero-order valence-electron chi connectivity index (χ0n) is 10.5. The smallest absolute Gasteiger partial charge is 0.227 e. The molecular weight excluding hydrogens is 212 g/mol. The molecule has 3 heteroatoms. The van der Waals surface area contributed by atoms with Gasteiger partial charge in [0.2, 0.25) is 5.91 Å². The minimum Gasteiger partial charge on any atom is -0.399 e. The molecule has 0 aromatic heterocycles. The van der Waals surface area contributed by atoms with E-state index in [1.165, 1.54) is 12.8 Å². The Morgan fingerprint density at radius 2 is 1.76 bits per heavy atom. The standard InChI is InChI=1S/C14H20N2O/c1-9-7-12(15)8-10(2)13(9)16-14(17)11-5-3-4-6-11/h7-8,11H,3-6,15H2,1-2H3,(H,16,17). The minimum absolute atomic E-state index is 0.165. The molecule has 17 heavy (non-hydrogen) atoms. The highest BCUT2D eigenvalue weighted by molar-refractivity contribution is 5.94. The topological polar surface area (TPSA) is 55.1 Å². The van der Waals surface area contributed by atoms with Gasteiger partial charge in [0.15, 0.2) is 0 Å². The summed E-state index contributed by atoms with van der Waals surface area (Å²) >= 11 is 0. The Balaban J connectivity index is 2.15. The van der Waals surface area contributed by atoms with Crippen LogP contribution in [0, 0.1) is 19.8 Å². The van der Waals surface area contributed by atoms with Crippen molar-refractivity contribution in [3.05, 3.63) is 23.3 Å². The van der Waals surface area contributed by atoms with Crippen molar-refractivity contribution < 1.29 is 4.79 Å². The third kappa shape index (κ3) is 2.60. The molecule has 3 nitrogen and oxygen atoms in total. The van der Waals surface area contributed by atoms with Crippen molar-refractivity contribution in [3.8, 4) is 0 Å². The molecular formula is C14H20N2O. The number of carbonyl (C=O) groups is 1. The average molecular weight is 232 g/mol. The number of hydrogen-bond donors (Lipinski definition) is 2. The molecule has 2 rings (SSSR count). The van der Waals surface area contributed by atoms with Gasteiger partial charge < -0.3 is 11.1 Å². The number of amides is 1. The van der Waals surface area contributed by atoms with Crippen LogP contribution in [0.25, 0.3) is 0 Å². The van der Waals surface area contributed by atoms with Gasteiger partial charge in [-0.3, -0.25) is 4.79 Å². The Bertz CT molecular complexity index is 411. The van der Waals surface area contributed by atoms with Crippen molar-refractivity contribution in [1.82, 2.24) is 0 Å². The number of anilines is 2. The van der Waals surface area contributed by atoms with Gasteiger partial charge in [-0.2, -0.15) is 0 Å². The summed E-state index contributed by atoms with van der Waals surface area (Å²) in [7, 11) is 0. The lowest BCUT2D eigenvalue weighted by atomic mass is 10.0. The van der Waals surface area contributed by atoms with Crippen molar-refractivity contribution in [2.24, 2.45) is 5.92 Å². The van der Waals surface area contributed by atoms with Gasteiger partial charge >= 0.3 is 0 Å². The molecule has 0 saturated heterocycles. The van der Waals surface area contributed by atoms with Crippen LogP contribution in [0.5, 0.6) is 0 Å². The molecule has 0 heterocycles. The molecule has 1 saturated carbocycles. The summed E-state index contributed by atoms with van der Waals surface area (Å²) in [5.74, 6) is 0.366. The first-order chi connectivity index (χ1) is 8.08. The largest absolute Gasteiger partial charge is 0.399 e. The summed E-state index contributed by atoms with van der Waals surface area (Å²) in [4.78, 5) is 12.1. The summed E-state index contributed by atoms with van der Waals surface area (Å²) in [6.07, 6.45) is 4.41. The first kappa shape index (κ1) is 12.0. The van der Waals surface area contributed by atoms with Crippen molar-refractivity contribution >= 4 is 17.3 Å². The normalized spacial score (nSPS) is 16.1. The van der Waals surface area contributed by atoms with Gasteiger partial charge in [0.05, 0.1) is 0 Å². The zero-order chi connectivity index (χ0) is 12.4. The lowest BCUT2D eigenvalue weighted by molar-refractivity contribution is -0.119. The first-order valence-electron chi connectivity index (χ1n) is 6.25. The summed E-state index contributed by atoms with van der Waals surface area (Å²) in [6.45, 7) is 3.96. The lowest BCUT2D eigenvalue weighted by Crippen LogP contribution is -2.21. The monoisotopic (exact) mass is 232 g/mol. The molecule has 0 unspecified atom stereocenters. The summed E-state index contributed by atoms with van der Waals surface area (Å²) in [6, 6.07) is 3.80. The van der Waals surface area contributed by atoms with Gasteiger partial charge in [0, 0.05) is 17.3 Å². The summed E-state index contributed by atoms with van der Waals surface area (Å²) in [5.41, 5.74) is 9.52. The SMILES string of the molecule is Cc1cc(N)cc(C)c1NC(=O)C1CCCC1. The maximum Gasteiger partial charge on any atom is 0.227 e. The van der Waals surface area contributed by atoms with Crippen LogP contribution >= 0.6 is 0 Å². The number of hydrogen-bond acceptors (Lipinski definition) is 2. The average Bonchev–Trinajstić information content (AvgIpc) is 2.76. The van der Waals surface area contributed by atoms with E-state index >= 15 is 0 Å². The number of benzene rings is 1. The molecule has 1 fully saturated rings. The van der Waals surface area contributed by atoms with E-state index in [0.717, 1.165) is 35.3 Å². The van der Waals surface area contributed by atoms with Gasteiger partial charge in [-0.15, -0.1) is 0 Å². The maximum absolute atomic E-state index is 12.1. The quantitative estimate of drug-likeness (QED) is 0.770. The van der Waals surface area contributed by atoms with E-state index in [-0.39, 0.29) is 11.8 Å². The molecule has 1 aromatic carbocycles. The molecule has 92 valence electrons. The van der Waals surface area contributed by atoms with Crippen LogP contribution in [0.3, 0.4) is 0 Å². The number of rotatable bonds is 2. The van der Waals surface area contributed by atoms with Crippen LogP contribution < -0.4 is 11.1 Å². The number of nitrogens with two attached hydrogens (primary N) is 1. The summed E-state index contributed by atoms with van der Waals surface area (Å²) < 4.78 is 0. The highest BCUT2D eigenvalue weighted by Gasteiger charge is 2.23. The van der Waals surface area contributed by atoms with Crippen LogP contribution in [0.2, 0.25) is 0 Å². The molecule has 0 spiro atoms. The van der Waals surface area contributed by atoms with E-state index in [9.17, 15) is 4.79 Å². The van der Waals surface area contributed by atoms with E-state index in [0.29, 0.717) is 0 Å². The third-order valence-corrected chi connectivity index (χ3v) is 3.53. The Kier molecular flexibility index (Phi) is 3.36. The fourth-order valence-corrected chi connectivity index (χ4v) is 2.61. The van der Waals surface area contributed by atoms with E-state index in [1.807, 2.05) is 26.0 Å². The molecule has 1 aliphatic rings. The fourth-order valence-electron chi connectivity index (χ4n) is 2.61. The van der Waals surface area contributed by atoms with E-state index in [1.54, 1.807) is 0 Å². The predicted octanol–water partition coefficient (Wildman–Crippen LogP) is 3.01. The Morgan fingerprint density at radius 3 is 2.29 bits per heavy atom. The fraction of sp³-hybridized carbons (Fsp3) is 0.500. The van der Waals surface area contributed by atoms with E-state index in [2.05, 4.69) is 5.32 Å². The van der Waals surface area contributed by atoms with Crippen LogP contribution in [-0.2, 0) is 4.79 Å². The number of carbonyl (C=O) groups excluding carboxylic acids is 1. The molecule has 0 aliphatic heterocycles. The highest BCUT2D eigenvalue weighted by Crippen LogP contribution is 2.28. The Morgan fingerprint density at radius 1 is 1.24 bits per heavy atom. The maximum atomic E-state index is 12.1. The second-order valence-electron chi connectivity index (χ2n) is 5.00. The van der Waals surface area contributed by atoms with Crippen LogP contribution in [-0.4, -0.2) is 5.91 Å². The number of nitrogens with one attached hydrogen (secondary N) is 1. The Hall–Kier alpha value is -1.51. The summed E-state index contributed by atoms with van der Waals surface area (Å²) in [5, 5.41) is 3.05. The number of nitrogen functional groups attached to an aromatic ring is 1. The number of aryl methyl sites for hydroxylation is 2. The van der Waals surface area contributed by atoms with Gasteiger partial charge in [-0.05, 0) is 49.9 Å². The van der Waals surface area contributed by atoms with Crippen molar-refractivity contribution in [1.29, 1.82) is 0 Å². The minimum atomic E-state index is 0.165. The predicted molar refractivity (Wildman–Crippen MR) is 70.9 cm³/mol. The molecule has 0 bridgehead atoms. The second-order valence-corrected chi connectivity index (χ2v) is 5.00. The third-order valence-electron chi connectivity index (χ3n) is 3.53. The van der Waals surface area contributed by atoms with Crippen LogP contribution in [0.15, 0.2) is 12.1 Å². The van der Waals surface area contributed by atoms with Gasteiger partial charge in [0.25, 0.3) is 0 Å². The van der Waals surface area contributed by atoms with Crippen LogP contribution in [0.4, 0.5) is 11.4 Å². The van der Waals surface area contributed by atoms with Crippen LogP contribution in [0.1, 0.15) is 36.8 Å². The van der Waals surface area contributed by atoms with Crippen molar-refractivity contribution in [2.45, 2.75) is 39.5 Å². The van der Waals surface area contributed by atoms with E-state index < -0.39 is 0 Å². The highest BCUT2D eigenvalue weighted by atomic mass is 16.1. The molecule has 1 aliphatic carbocycles. The van der Waals surface area contributed by atoms with Crippen molar-refractivity contribution in [3.63, 3.8) is 0 Å². The molecule has 0 atom stereocenters. The molecule has 1 amide bonds. The molecule has 0 radical (unpaired) electrons. The molecule has 1 aromatic rings. The van der Waals surface area contributed by atoms with Gasteiger partial charge in [-0.1, -0.05) is 12.8 Å². The lowest BCUT2D eigenvalue weighted by Gasteiger charge is -2.15. The van der Waals surface area contributed by atoms with Crippen molar-refractivity contribution in [2.75, 3.05) is 11.1 Å². The van der Waals surface area contributed by atoms with Gasteiger partial charge in [0.1, 0.15) is 0 Å². The van der Waals surface area contributed by atoms with E-state index in [4.69, 9.17) is 5.73 Å². The zero-order valence-corrected chi connectivity index (χ0v) is 10.5. The Labute approximate surface area is 102 Å².